The zero-order chi connectivity index (χ0) is 15.3. The van der Waals surface area contributed by atoms with E-state index in [9.17, 15) is 0 Å². The van der Waals surface area contributed by atoms with Gasteiger partial charge in [0.2, 0.25) is 0 Å². The van der Waals surface area contributed by atoms with Crippen LogP contribution in [0.3, 0.4) is 0 Å². The number of nitrogens with zero attached hydrogens (tertiary/aromatic N) is 2. The minimum atomic E-state index is 0. The third-order valence-corrected chi connectivity index (χ3v) is 4.05. The van der Waals surface area contributed by atoms with Crippen LogP contribution in [0.4, 0.5) is 0 Å². The Bertz CT molecular complexity index is 385. The summed E-state index contributed by atoms with van der Waals surface area (Å²) in [6, 6.07) is 4.29. The summed E-state index contributed by atoms with van der Waals surface area (Å²) in [5.41, 5.74) is 0. The summed E-state index contributed by atoms with van der Waals surface area (Å²) in [6.07, 6.45) is 3.37. The Morgan fingerprint density at radius 2 is 2.18 bits per heavy atom. The largest absolute Gasteiger partial charge is 0.380 e. The molecule has 0 unspecified atom stereocenters. The van der Waals surface area contributed by atoms with Crippen LogP contribution in [0.15, 0.2) is 22.5 Å². The number of halogens is 1. The highest BCUT2D eigenvalue weighted by molar-refractivity contribution is 14.0. The lowest BCUT2D eigenvalue weighted by Gasteiger charge is -2.21. The maximum Gasteiger partial charge on any atom is 0.193 e. The molecule has 1 heterocycles. The number of unbranched alkanes of at least 4 members (excludes halogenated alkanes) is 1. The summed E-state index contributed by atoms with van der Waals surface area (Å²) in [7, 11) is 2.09. The fraction of sp³-hybridized carbons (Fsp3) is 0.688. The topological polar surface area (TPSA) is 36.9 Å². The van der Waals surface area contributed by atoms with E-state index in [-0.39, 0.29) is 24.0 Å². The maximum absolute atomic E-state index is 5.55. The summed E-state index contributed by atoms with van der Waals surface area (Å²) in [6.45, 7) is 8.40. The first-order valence-corrected chi connectivity index (χ1v) is 8.75. The standard InChI is InChI=1S/C16H29N3OS.HI/c1-4-6-12-20-13-10-18-16(17-5-2)19(3)11-9-15-8-7-14-21-15;/h7-8,14H,4-6,9-13H2,1-3H3,(H,17,18);1H. The zero-order valence-electron chi connectivity index (χ0n) is 14.0. The third kappa shape index (κ3) is 9.63. The van der Waals surface area contributed by atoms with E-state index in [1.54, 1.807) is 0 Å². The molecule has 0 aliphatic heterocycles. The van der Waals surface area contributed by atoms with Gasteiger partial charge in [-0.25, -0.2) is 0 Å². The van der Waals surface area contributed by atoms with Crippen molar-refractivity contribution in [2.45, 2.75) is 33.1 Å². The molecule has 22 heavy (non-hydrogen) atoms. The van der Waals surface area contributed by atoms with Crippen LogP contribution in [0.1, 0.15) is 31.6 Å². The van der Waals surface area contributed by atoms with Gasteiger partial charge in [-0.15, -0.1) is 35.3 Å². The van der Waals surface area contributed by atoms with Crippen molar-refractivity contribution < 1.29 is 4.74 Å². The number of hydrogen-bond donors (Lipinski definition) is 1. The van der Waals surface area contributed by atoms with Crippen LogP contribution in [0.25, 0.3) is 0 Å². The van der Waals surface area contributed by atoms with Crippen LogP contribution in [0.2, 0.25) is 0 Å². The van der Waals surface area contributed by atoms with Gasteiger partial charge in [-0.05, 0) is 31.2 Å². The second-order valence-electron chi connectivity index (χ2n) is 4.95. The van der Waals surface area contributed by atoms with Crippen LogP contribution in [-0.4, -0.2) is 50.8 Å². The van der Waals surface area contributed by atoms with E-state index < -0.39 is 0 Å². The fourth-order valence-corrected chi connectivity index (χ4v) is 2.57. The van der Waals surface area contributed by atoms with E-state index in [2.05, 4.69) is 53.6 Å². The van der Waals surface area contributed by atoms with Gasteiger partial charge < -0.3 is 15.0 Å². The van der Waals surface area contributed by atoms with Crippen molar-refractivity contribution in [3.8, 4) is 0 Å². The number of guanidine groups is 1. The highest BCUT2D eigenvalue weighted by Gasteiger charge is 2.05. The Kier molecular flexibility index (Phi) is 14.0. The van der Waals surface area contributed by atoms with Crippen LogP contribution < -0.4 is 5.32 Å². The summed E-state index contributed by atoms with van der Waals surface area (Å²) in [5, 5.41) is 5.47. The lowest BCUT2D eigenvalue weighted by molar-refractivity contribution is 0.138. The quantitative estimate of drug-likeness (QED) is 0.262. The van der Waals surface area contributed by atoms with E-state index in [4.69, 9.17) is 4.74 Å². The Morgan fingerprint density at radius 3 is 2.82 bits per heavy atom. The molecule has 0 saturated heterocycles. The van der Waals surface area contributed by atoms with Crippen molar-refractivity contribution >= 4 is 41.3 Å². The molecule has 4 nitrogen and oxygen atoms in total. The molecular weight excluding hydrogens is 409 g/mol. The first-order valence-electron chi connectivity index (χ1n) is 7.87. The van der Waals surface area contributed by atoms with Gasteiger partial charge in [0.15, 0.2) is 5.96 Å². The minimum Gasteiger partial charge on any atom is -0.380 e. The first kappa shape index (κ1) is 21.7. The second-order valence-corrected chi connectivity index (χ2v) is 5.98. The van der Waals surface area contributed by atoms with Crippen molar-refractivity contribution in [2.75, 3.05) is 39.9 Å². The molecule has 0 aliphatic rings. The number of rotatable bonds is 10. The average molecular weight is 439 g/mol. The molecule has 0 amide bonds. The molecule has 0 saturated carbocycles. The van der Waals surface area contributed by atoms with Crippen molar-refractivity contribution in [1.82, 2.24) is 10.2 Å². The summed E-state index contributed by atoms with van der Waals surface area (Å²) < 4.78 is 5.55. The van der Waals surface area contributed by atoms with Crippen molar-refractivity contribution in [2.24, 2.45) is 4.99 Å². The first-order chi connectivity index (χ1) is 10.3. The molecular formula is C16H30IN3OS. The minimum absolute atomic E-state index is 0. The Hall–Kier alpha value is -0.340. The normalized spacial score (nSPS) is 11.1. The van der Waals surface area contributed by atoms with E-state index >= 15 is 0 Å². The molecule has 128 valence electrons. The highest BCUT2D eigenvalue weighted by Crippen LogP contribution is 2.09. The van der Waals surface area contributed by atoms with Crippen LogP contribution in [0, 0.1) is 0 Å². The zero-order valence-corrected chi connectivity index (χ0v) is 17.2. The number of ether oxygens (including phenoxy) is 1. The summed E-state index contributed by atoms with van der Waals surface area (Å²) in [4.78, 5) is 8.23. The lowest BCUT2D eigenvalue weighted by atomic mass is 10.3. The molecule has 6 heteroatoms. The lowest BCUT2D eigenvalue weighted by Crippen LogP contribution is -2.40. The Morgan fingerprint density at radius 1 is 1.36 bits per heavy atom. The molecule has 1 rings (SSSR count). The molecule has 0 fully saturated rings. The number of nitrogens with one attached hydrogen (secondary N) is 1. The number of likely N-dealkylation sites (N-methyl/N-ethyl adjacent to an activating group) is 1. The average Bonchev–Trinajstić information content (AvgIpc) is 3.00. The SMILES string of the molecule is CCCCOCCN=C(NCC)N(C)CCc1cccs1.I. The summed E-state index contributed by atoms with van der Waals surface area (Å²) >= 11 is 1.81. The number of hydrogen-bond acceptors (Lipinski definition) is 3. The predicted molar refractivity (Wildman–Crippen MR) is 108 cm³/mol. The second kappa shape index (κ2) is 14.3. The highest BCUT2D eigenvalue weighted by atomic mass is 127. The van der Waals surface area contributed by atoms with Gasteiger partial charge in [0, 0.05) is 31.6 Å². The van der Waals surface area contributed by atoms with Gasteiger partial charge in [0.05, 0.1) is 13.2 Å². The van der Waals surface area contributed by atoms with Gasteiger partial charge in [-0.1, -0.05) is 19.4 Å². The van der Waals surface area contributed by atoms with Gasteiger partial charge in [0.25, 0.3) is 0 Å². The number of aliphatic imine (C=N–C) groups is 1. The molecule has 0 spiro atoms. The monoisotopic (exact) mass is 439 g/mol. The molecule has 0 radical (unpaired) electrons. The van der Waals surface area contributed by atoms with Crippen LogP contribution >= 0.6 is 35.3 Å². The smallest absolute Gasteiger partial charge is 0.193 e. The third-order valence-electron chi connectivity index (χ3n) is 3.11. The Labute approximate surface area is 156 Å². The van der Waals surface area contributed by atoms with E-state index in [0.717, 1.165) is 45.0 Å². The van der Waals surface area contributed by atoms with E-state index in [0.29, 0.717) is 6.61 Å². The van der Waals surface area contributed by atoms with Crippen molar-refractivity contribution in [3.05, 3.63) is 22.4 Å². The molecule has 1 aromatic rings. The van der Waals surface area contributed by atoms with Crippen molar-refractivity contribution in [3.63, 3.8) is 0 Å². The molecule has 1 N–H and O–H groups in total. The predicted octanol–water partition coefficient (Wildman–Crippen LogP) is 3.62. The molecule has 0 bridgehead atoms. The molecule has 1 aromatic heterocycles. The number of thiophene rings is 1. The van der Waals surface area contributed by atoms with Crippen LogP contribution in [0.5, 0.6) is 0 Å². The summed E-state index contributed by atoms with van der Waals surface area (Å²) in [5.74, 6) is 0.966. The molecule has 0 aromatic carbocycles. The maximum atomic E-state index is 5.55. The van der Waals surface area contributed by atoms with Crippen molar-refractivity contribution in [1.29, 1.82) is 0 Å². The molecule has 0 aliphatic carbocycles. The van der Waals surface area contributed by atoms with Gasteiger partial charge in [-0.3, -0.25) is 4.99 Å². The van der Waals surface area contributed by atoms with Gasteiger partial charge >= 0.3 is 0 Å². The van der Waals surface area contributed by atoms with E-state index in [1.165, 1.54) is 11.3 Å². The molecule has 0 atom stereocenters. The van der Waals surface area contributed by atoms with Gasteiger partial charge in [-0.2, -0.15) is 0 Å². The Balaban J connectivity index is 0.00000441. The fourth-order valence-electron chi connectivity index (χ4n) is 1.87. The van der Waals surface area contributed by atoms with Crippen LogP contribution in [-0.2, 0) is 11.2 Å². The van der Waals surface area contributed by atoms with E-state index in [1.807, 2.05) is 11.3 Å². The van der Waals surface area contributed by atoms with Gasteiger partial charge in [0.1, 0.15) is 0 Å².